The first-order valence-electron chi connectivity index (χ1n) is 11.0. The van der Waals surface area contributed by atoms with Crippen molar-refractivity contribution in [2.45, 2.75) is 64.7 Å². The highest BCUT2D eigenvalue weighted by atomic mass is 16.5. The lowest BCUT2D eigenvalue weighted by Gasteiger charge is -2.26. The Labute approximate surface area is 175 Å². The average molecular weight is 408 g/mol. The van der Waals surface area contributed by atoms with Crippen LogP contribution in [0.5, 0.6) is 0 Å². The Kier molecular flexibility index (Phi) is 10.4. The first kappa shape index (κ1) is 23.6. The minimum Gasteiger partial charge on any atom is -0.489 e. The van der Waals surface area contributed by atoms with Gasteiger partial charge in [0.1, 0.15) is 0 Å². The fourth-order valence-electron chi connectivity index (χ4n) is 4.02. The van der Waals surface area contributed by atoms with Gasteiger partial charge in [-0.2, -0.15) is 0 Å². The molecule has 0 bridgehead atoms. The Morgan fingerprint density at radius 2 is 1.31 bits per heavy atom. The summed E-state index contributed by atoms with van der Waals surface area (Å²) in [6.07, 6.45) is 10.2. The topological polar surface area (TPSA) is 65.1 Å². The largest absolute Gasteiger partial charge is 0.489 e. The van der Waals surface area contributed by atoms with E-state index in [0.29, 0.717) is 17.6 Å². The quantitative estimate of drug-likeness (QED) is 0.342. The van der Waals surface area contributed by atoms with Crippen LogP contribution in [-0.2, 0) is 23.8 Å². The molecular formula is C23H37NO5. The van der Waals surface area contributed by atoms with E-state index in [1.807, 2.05) is 0 Å². The van der Waals surface area contributed by atoms with Crippen LogP contribution in [0.1, 0.15) is 64.7 Å². The molecule has 1 saturated heterocycles. The monoisotopic (exact) mass is 407 g/mol. The van der Waals surface area contributed by atoms with E-state index in [2.05, 4.69) is 4.90 Å². The maximum absolute atomic E-state index is 12.6. The van der Waals surface area contributed by atoms with Crippen LogP contribution >= 0.6 is 0 Å². The summed E-state index contributed by atoms with van der Waals surface area (Å²) in [6, 6.07) is 0. The lowest BCUT2D eigenvalue weighted by atomic mass is 9.89. The van der Waals surface area contributed by atoms with Gasteiger partial charge in [-0.25, -0.2) is 0 Å². The molecule has 2 aliphatic rings. The number of allylic oxidation sites excluding steroid dienone is 2. The molecule has 0 saturated carbocycles. The third kappa shape index (κ3) is 6.96. The molecule has 0 spiro atoms. The molecule has 1 heterocycles. The van der Waals surface area contributed by atoms with E-state index in [9.17, 15) is 9.59 Å². The molecule has 0 amide bonds. The zero-order chi connectivity index (χ0) is 21.1. The van der Waals surface area contributed by atoms with Gasteiger partial charge in [-0.3, -0.25) is 14.5 Å². The highest BCUT2D eigenvalue weighted by molar-refractivity contribution is 6.23. The second-order valence-electron chi connectivity index (χ2n) is 7.86. The van der Waals surface area contributed by atoms with Crippen molar-refractivity contribution in [1.29, 1.82) is 0 Å². The third-order valence-electron chi connectivity index (χ3n) is 5.85. The molecule has 0 N–H and O–H groups in total. The van der Waals surface area contributed by atoms with Gasteiger partial charge in [0.05, 0.1) is 27.4 Å². The smallest absolute Gasteiger partial charge is 0.228 e. The standard InChI is InChI=1S/C23H37NO5/c1-18-19(21(26)23(28-3)22(27-2)20(18)25)12-10-8-6-4-5-7-9-11-13-24-14-16-29-17-15-24/h4-17H2,1-3H3. The van der Waals surface area contributed by atoms with Crippen LogP contribution in [0.4, 0.5) is 0 Å². The number of methoxy groups -OCH3 is 2. The van der Waals surface area contributed by atoms with Gasteiger partial charge < -0.3 is 14.2 Å². The number of hydrogen-bond acceptors (Lipinski definition) is 6. The number of morpholine rings is 1. The predicted molar refractivity (Wildman–Crippen MR) is 113 cm³/mol. The minimum atomic E-state index is -0.240. The Morgan fingerprint density at radius 3 is 1.90 bits per heavy atom. The summed E-state index contributed by atoms with van der Waals surface area (Å²) < 4.78 is 15.6. The van der Waals surface area contributed by atoms with E-state index in [0.717, 1.165) is 39.1 Å². The van der Waals surface area contributed by atoms with E-state index in [1.54, 1.807) is 6.92 Å². The van der Waals surface area contributed by atoms with Crippen LogP contribution in [0.2, 0.25) is 0 Å². The predicted octanol–water partition coefficient (Wildman–Crippen LogP) is 3.80. The molecule has 0 unspecified atom stereocenters. The van der Waals surface area contributed by atoms with Crippen LogP contribution in [0.15, 0.2) is 22.7 Å². The normalized spacial score (nSPS) is 18.6. The summed E-state index contributed by atoms with van der Waals surface area (Å²) in [5.41, 5.74) is 1.07. The van der Waals surface area contributed by atoms with Gasteiger partial charge in [0.15, 0.2) is 0 Å². The number of carbonyl (C=O) groups is 2. The molecule has 1 aliphatic carbocycles. The van der Waals surface area contributed by atoms with E-state index < -0.39 is 0 Å². The number of rotatable bonds is 13. The molecule has 164 valence electrons. The van der Waals surface area contributed by atoms with Crippen molar-refractivity contribution in [3.63, 3.8) is 0 Å². The zero-order valence-electron chi connectivity index (χ0n) is 18.4. The Hall–Kier alpha value is -1.66. The SMILES string of the molecule is COC1=C(OC)C(=O)C(CCCCCCCCCCN2CCOCC2)=C(C)C1=O. The second-order valence-corrected chi connectivity index (χ2v) is 7.86. The van der Waals surface area contributed by atoms with Gasteiger partial charge in [0.2, 0.25) is 23.1 Å². The zero-order valence-corrected chi connectivity index (χ0v) is 18.4. The average Bonchev–Trinajstić information content (AvgIpc) is 2.74. The number of ether oxygens (including phenoxy) is 3. The highest BCUT2D eigenvalue weighted by Crippen LogP contribution is 2.28. The molecule has 29 heavy (non-hydrogen) atoms. The number of carbonyl (C=O) groups excluding carboxylic acids is 2. The van der Waals surface area contributed by atoms with Crippen LogP contribution in [0.3, 0.4) is 0 Å². The van der Waals surface area contributed by atoms with Crippen molar-refractivity contribution >= 4 is 11.6 Å². The van der Waals surface area contributed by atoms with Crippen molar-refractivity contribution in [3.8, 4) is 0 Å². The van der Waals surface area contributed by atoms with Gasteiger partial charge >= 0.3 is 0 Å². The molecule has 0 radical (unpaired) electrons. The number of hydrogen-bond donors (Lipinski definition) is 0. The van der Waals surface area contributed by atoms with E-state index in [4.69, 9.17) is 14.2 Å². The first-order valence-corrected chi connectivity index (χ1v) is 11.0. The Balaban J connectivity index is 1.56. The van der Waals surface area contributed by atoms with Crippen LogP contribution in [0.25, 0.3) is 0 Å². The summed E-state index contributed by atoms with van der Waals surface area (Å²) in [6.45, 7) is 6.84. The molecule has 0 atom stereocenters. The molecular weight excluding hydrogens is 370 g/mol. The van der Waals surface area contributed by atoms with Crippen molar-refractivity contribution < 1.29 is 23.8 Å². The maximum atomic E-state index is 12.6. The lowest BCUT2D eigenvalue weighted by Crippen LogP contribution is -2.36. The van der Waals surface area contributed by atoms with Crippen molar-refractivity contribution in [3.05, 3.63) is 22.7 Å². The van der Waals surface area contributed by atoms with Crippen molar-refractivity contribution in [2.24, 2.45) is 0 Å². The fraction of sp³-hybridized carbons (Fsp3) is 0.739. The molecule has 2 rings (SSSR count). The van der Waals surface area contributed by atoms with Gasteiger partial charge in [0, 0.05) is 24.2 Å². The highest BCUT2D eigenvalue weighted by Gasteiger charge is 2.34. The molecule has 1 fully saturated rings. The Morgan fingerprint density at radius 1 is 0.793 bits per heavy atom. The number of ketones is 2. The number of nitrogens with zero attached hydrogens (tertiary/aromatic N) is 1. The summed E-state index contributed by atoms with van der Waals surface area (Å²) >= 11 is 0. The van der Waals surface area contributed by atoms with Gasteiger partial charge in [0.25, 0.3) is 0 Å². The Bertz CT molecular complexity index is 617. The summed E-state index contributed by atoms with van der Waals surface area (Å²) in [7, 11) is 2.79. The maximum Gasteiger partial charge on any atom is 0.228 e. The number of unbranched alkanes of at least 4 members (excludes halogenated alkanes) is 7. The summed E-state index contributed by atoms with van der Waals surface area (Å²) in [5, 5.41) is 0. The van der Waals surface area contributed by atoms with Crippen molar-refractivity contribution in [2.75, 3.05) is 47.1 Å². The van der Waals surface area contributed by atoms with E-state index in [-0.39, 0.29) is 23.1 Å². The fourth-order valence-corrected chi connectivity index (χ4v) is 4.02. The van der Waals surface area contributed by atoms with E-state index in [1.165, 1.54) is 59.3 Å². The minimum absolute atomic E-state index is 0.0207. The van der Waals surface area contributed by atoms with Crippen LogP contribution < -0.4 is 0 Å². The summed E-state index contributed by atoms with van der Waals surface area (Å²) in [5.74, 6) is -0.389. The van der Waals surface area contributed by atoms with Gasteiger partial charge in [-0.15, -0.1) is 0 Å². The first-order chi connectivity index (χ1) is 14.1. The lowest BCUT2D eigenvalue weighted by molar-refractivity contribution is -0.121. The molecule has 0 aromatic carbocycles. The third-order valence-corrected chi connectivity index (χ3v) is 5.85. The second kappa shape index (κ2) is 12.8. The summed E-state index contributed by atoms with van der Waals surface area (Å²) in [4.78, 5) is 27.4. The molecule has 6 heteroatoms. The van der Waals surface area contributed by atoms with E-state index >= 15 is 0 Å². The molecule has 1 aliphatic heterocycles. The van der Waals surface area contributed by atoms with Crippen LogP contribution in [0, 0.1) is 0 Å². The van der Waals surface area contributed by atoms with Gasteiger partial charge in [-0.1, -0.05) is 38.5 Å². The molecule has 6 nitrogen and oxygen atoms in total. The van der Waals surface area contributed by atoms with Crippen molar-refractivity contribution in [1.82, 2.24) is 4.90 Å². The molecule has 0 aromatic rings. The molecule has 0 aromatic heterocycles. The number of Topliss-reactive ketones (excluding diaryl/α,β-unsaturated/α-hetero) is 2. The van der Waals surface area contributed by atoms with Crippen LogP contribution in [-0.4, -0.2) is 63.5 Å². The van der Waals surface area contributed by atoms with Gasteiger partial charge in [-0.05, 0) is 32.7 Å².